The Hall–Kier alpha value is -3.28. The van der Waals surface area contributed by atoms with Gasteiger partial charge in [0, 0.05) is 11.6 Å². The monoisotopic (exact) mass is 367 g/mol. The standard InChI is InChI=1S/C21H21NO5/c1-4-19(27-15-11-9-14(25-2)10-12-15)20(23)22-13-17(21(24)26-3)16-7-5-6-8-18(16)22/h5-13,19H,4H2,1-3H3/t19-/m1/s1. The fourth-order valence-corrected chi connectivity index (χ4v) is 2.92. The molecule has 6 nitrogen and oxygen atoms in total. The van der Waals surface area contributed by atoms with Crippen molar-refractivity contribution >= 4 is 22.8 Å². The van der Waals surface area contributed by atoms with Gasteiger partial charge in [0.15, 0.2) is 6.10 Å². The van der Waals surface area contributed by atoms with E-state index in [4.69, 9.17) is 14.2 Å². The predicted octanol–water partition coefficient (Wildman–Crippen LogP) is 3.93. The van der Waals surface area contributed by atoms with E-state index >= 15 is 0 Å². The Morgan fingerprint density at radius 3 is 2.30 bits per heavy atom. The molecule has 1 atom stereocenters. The molecule has 3 aromatic rings. The number of esters is 1. The highest BCUT2D eigenvalue weighted by molar-refractivity contribution is 6.07. The molecule has 0 saturated heterocycles. The molecular weight excluding hydrogens is 346 g/mol. The lowest BCUT2D eigenvalue weighted by molar-refractivity contribution is 0.0602. The third-order valence-corrected chi connectivity index (χ3v) is 4.34. The van der Waals surface area contributed by atoms with Crippen LogP contribution in [-0.4, -0.2) is 36.8 Å². The van der Waals surface area contributed by atoms with E-state index in [1.54, 1.807) is 43.5 Å². The topological polar surface area (TPSA) is 66.8 Å². The fourth-order valence-electron chi connectivity index (χ4n) is 2.92. The maximum absolute atomic E-state index is 13.1. The van der Waals surface area contributed by atoms with E-state index in [-0.39, 0.29) is 5.91 Å². The van der Waals surface area contributed by atoms with Crippen LogP contribution in [0, 0.1) is 0 Å². The second-order valence-corrected chi connectivity index (χ2v) is 5.95. The number of methoxy groups -OCH3 is 2. The first-order chi connectivity index (χ1) is 13.1. The smallest absolute Gasteiger partial charge is 0.340 e. The van der Waals surface area contributed by atoms with Crippen molar-refractivity contribution in [2.45, 2.75) is 19.4 Å². The van der Waals surface area contributed by atoms with E-state index in [9.17, 15) is 9.59 Å². The van der Waals surface area contributed by atoms with Gasteiger partial charge >= 0.3 is 5.97 Å². The minimum atomic E-state index is -0.695. The molecule has 0 aliphatic heterocycles. The van der Waals surface area contributed by atoms with E-state index < -0.39 is 12.1 Å². The van der Waals surface area contributed by atoms with Crippen LogP contribution >= 0.6 is 0 Å². The van der Waals surface area contributed by atoms with Crippen molar-refractivity contribution in [3.63, 3.8) is 0 Å². The molecule has 6 heteroatoms. The molecule has 0 unspecified atom stereocenters. The van der Waals surface area contributed by atoms with Crippen LogP contribution in [0.1, 0.15) is 28.5 Å². The number of benzene rings is 2. The molecular formula is C21H21NO5. The number of rotatable bonds is 6. The van der Waals surface area contributed by atoms with Crippen LogP contribution in [0.2, 0.25) is 0 Å². The van der Waals surface area contributed by atoms with E-state index in [0.29, 0.717) is 34.4 Å². The summed E-state index contributed by atoms with van der Waals surface area (Å²) in [7, 11) is 2.90. The number of hydrogen-bond acceptors (Lipinski definition) is 5. The SMILES string of the molecule is CC[C@@H](Oc1ccc(OC)cc1)C(=O)n1cc(C(=O)OC)c2ccccc21. The molecule has 2 aromatic carbocycles. The number of aromatic nitrogens is 1. The zero-order chi connectivity index (χ0) is 19.4. The quantitative estimate of drug-likeness (QED) is 0.618. The molecule has 3 rings (SSSR count). The Morgan fingerprint density at radius 2 is 1.67 bits per heavy atom. The van der Waals surface area contributed by atoms with Gasteiger partial charge in [-0.1, -0.05) is 25.1 Å². The molecule has 0 N–H and O–H groups in total. The van der Waals surface area contributed by atoms with Crippen LogP contribution in [0.3, 0.4) is 0 Å². The van der Waals surface area contributed by atoms with Crippen molar-refractivity contribution in [3.05, 3.63) is 60.3 Å². The maximum atomic E-state index is 13.1. The van der Waals surface area contributed by atoms with Gasteiger partial charge in [-0.3, -0.25) is 9.36 Å². The molecule has 0 aliphatic carbocycles. The minimum absolute atomic E-state index is 0.250. The van der Waals surface area contributed by atoms with Crippen LogP contribution in [-0.2, 0) is 4.74 Å². The van der Waals surface area contributed by atoms with Crippen molar-refractivity contribution in [1.29, 1.82) is 0 Å². The number of ether oxygens (including phenoxy) is 3. The molecule has 140 valence electrons. The lowest BCUT2D eigenvalue weighted by atomic mass is 10.2. The van der Waals surface area contributed by atoms with Gasteiger partial charge in [-0.2, -0.15) is 0 Å². The van der Waals surface area contributed by atoms with Crippen LogP contribution in [0.25, 0.3) is 10.9 Å². The van der Waals surface area contributed by atoms with Crippen molar-refractivity contribution in [3.8, 4) is 11.5 Å². The first-order valence-electron chi connectivity index (χ1n) is 8.62. The number of fused-ring (bicyclic) bond motifs is 1. The van der Waals surface area contributed by atoms with Crippen LogP contribution in [0.5, 0.6) is 11.5 Å². The van der Waals surface area contributed by atoms with Crippen LogP contribution in [0.4, 0.5) is 0 Å². The van der Waals surface area contributed by atoms with Crippen molar-refractivity contribution in [2.75, 3.05) is 14.2 Å². The minimum Gasteiger partial charge on any atom is -0.497 e. The van der Waals surface area contributed by atoms with E-state index in [1.165, 1.54) is 17.9 Å². The van der Waals surface area contributed by atoms with Gasteiger partial charge in [-0.15, -0.1) is 0 Å². The summed E-state index contributed by atoms with van der Waals surface area (Å²) in [5.74, 6) is 0.544. The maximum Gasteiger partial charge on any atom is 0.340 e. The molecule has 0 aliphatic rings. The van der Waals surface area contributed by atoms with Gasteiger partial charge in [-0.25, -0.2) is 4.79 Å². The second kappa shape index (κ2) is 7.95. The van der Waals surface area contributed by atoms with Gasteiger partial charge in [-0.05, 0) is 36.8 Å². The van der Waals surface area contributed by atoms with Gasteiger partial charge in [0.05, 0.1) is 25.3 Å². The Balaban J connectivity index is 1.94. The molecule has 0 amide bonds. The summed E-state index contributed by atoms with van der Waals surface area (Å²) in [5, 5.41) is 0.664. The van der Waals surface area contributed by atoms with Gasteiger partial charge in [0.2, 0.25) is 0 Å². The average molecular weight is 367 g/mol. The zero-order valence-corrected chi connectivity index (χ0v) is 15.5. The summed E-state index contributed by atoms with van der Waals surface area (Å²) >= 11 is 0. The summed E-state index contributed by atoms with van der Waals surface area (Å²) < 4.78 is 17.3. The summed E-state index contributed by atoms with van der Waals surface area (Å²) in [5.41, 5.74) is 0.987. The summed E-state index contributed by atoms with van der Waals surface area (Å²) in [6.45, 7) is 1.87. The molecule has 0 bridgehead atoms. The van der Waals surface area contributed by atoms with Crippen LogP contribution in [0.15, 0.2) is 54.7 Å². The fraction of sp³-hybridized carbons (Fsp3) is 0.238. The van der Waals surface area contributed by atoms with Crippen molar-refractivity contribution in [1.82, 2.24) is 4.57 Å². The third-order valence-electron chi connectivity index (χ3n) is 4.34. The van der Waals surface area contributed by atoms with Gasteiger partial charge < -0.3 is 14.2 Å². The first kappa shape index (κ1) is 18.5. The zero-order valence-electron chi connectivity index (χ0n) is 15.5. The molecule has 0 saturated carbocycles. The largest absolute Gasteiger partial charge is 0.497 e. The van der Waals surface area contributed by atoms with E-state index in [1.807, 2.05) is 19.1 Å². The normalized spacial score (nSPS) is 11.8. The highest BCUT2D eigenvalue weighted by Crippen LogP contribution is 2.24. The lowest BCUT2D eigenvalue weighted by Crippen LogP contribution is -2.31. The highest BCUT2D eigenvalue weighted by atomic mass is 16.5. The Labute approximate surface area is 157 Å². The van der Waals surface area contributed by atoms with Gasteiger partial charge in [0.25, 0.3) is 5.91 Å². The van der Waals surface area contributed by atoms with E-state index in [2.05, 4.69) is 0 Å². The first-order valence-corrected chi connectivity index (χ1v) is 8.62. The lowest BCUT2D eigenvalue weighted by Gasteiger charge is -2.17. The number of hydrogen-bond donors (Lipinski definition) is 0. The summed E-state index contributed by atoms with van der Waals surface area (Å²) in [6.07, 6.45) is 1.30. The number of carbonyl (C=O) groups excluding carboxylic acids is 2. The number of para-hydroxylation sites is 1. The van der Waals surface area contributed by atoms with Gasteiger partial charge in [0.1, 0.15) is 11.5 Å². The van der Waals surface area contributed by atoms with E-state index in [0.717, 1.165) is 0 Å². The third kappa shape index (κ3) is 3.65. The Kier molecular flexibility index (Phi) is 5.45. The molecule has 1 aromatic heterocycles. The number of carbonyl (C=O) groups is 2. The Bertz CT molecular complexity index is 958. The van der Waals surface area contributed by atoms with Crippen LogP contribution < -0.4 is 9.47 Å². The average Bonchev–Trinajstić information content (AvgIpc) is 3.11. The molecule has 1 heterocycles. The molecule has 0 spiro atoms. The predicted molar refractivity (Wildman–Crippen MR) is 102 cm³/mol. The van der Waals surface area contributed by atoms with Crippen molar-refractivity contribution < 1.29 is 23.8 Å². The summed E-state index contributed by atoms with van der Waals surface area (Å²) in [4.78, 5) is 25.2. The Morgan fingerprint density at radius 1 is 1.00 bits per heavy atom. The van der Waals surface area contributed by atoms with Crippen molar-refractivity contribution in [2.24, 2.45) is 0 Å². The highest BCUT2D eigenvalue weighted by Gasteiger charge is 2.25. The summed E-state index contributed by atoms with van der Waals surface area (Å²) in [6, 6.07) is 14.3. The number of nitrogens with zero attached hydrogens (tertiary/aromatic N) is 1. The molecule has 27 heavy (non-hydrogen) atoms. The molecule has 0 radical (unpaired) electrons. The second-order valence-electron chi connectivity index (χ2n) is 5.95. The molecule has 0 fully saturated rings.